The van der Waals surface area contributed by atoms with Crippen molar-refractivity contribution in [2.24, 2.45) is 0 Å². The van der Waals surface area contributed by atoms with Gasteiger partial charge in [0.2, 0.25) is 0 Å². The second kappa shape index (κ2) is 7.16. The van der Waals surface area contributed by atoms with Crippen molar-refractivity contribution in [3.05, 3.63) is 70.3 Å². The van der Waals surface area contributed by atoms with Crippen LogP contribution in [0.25, 0.3) is 0 Å². The first kappa shape index (κ1) is 17.5. The number of carbonyl (C=O) groups excluding carboxylic acids is 1. The van der Waals surface area contributed by atoms with E-state index in [0.29, 0.717) is 0 Å². The Morgan fingerprint density at radius 3 is 2.00 bits per heavy atom. The van der Waals surface area contributed by atoms with Gasteiger partial charge in [0.15, 0.2) is 0 Å². The third-order valence-electron chi connectivity index (χ3n) is 3.96. The van der Waals surface area contributed by atoms with Gasteiger partial charge in [0.1, 0.15) is 5.92 Å². The summed E-state index contributed by atoms with van der Waals surface area (Å²) < 4.78 is 13.9. The maximum atomic E-state index is 12.9. The lowest BCUT2D eigenvalue weighted by atomic mass is 9.85. The summed E-state index contributed by atoms with van der Waals surface area (Å²) in [6.07, 6.45) is 0. The zero-order valence-corrected chi connectivity index (χ0v) is 15.2. The lowest BCUT2D eigenvalue weighted by Gasteiger charge is -2.18. The molecule has 0 aromatic heterocycles. The third-order valence-corrected chi connectivity index (χ3v) is 5.32. The number of rotatable bonds is 5. The Kier molecular flexibility index (Phi) is 5.46. The zero-order chi connectivity index (χ0) is 17.1. The second-order valence-corrected chi connectivity index (χ2v) is 7.90. The molecular formula is C19H23NO2P+. The summed E-state index contributed by atoms with van der Waals surface area (Å²) >= 11 is 0. The molecule has 23 heavy (non-hydrogen) atoms. The van der Waals surface area contributed by atoms with Gasteiger partial charge in [0, 0.05) is 14.1 Å². The zero-order valence-electron chi connectivity index (χ0n) is 14.3. The van der Waals surface area contributed by atoms with Crippen molar-refractivity contribution in [1.82, 2.24) is 4.67 Å². The van der Waals surface area contributed by atoms with Gasteiger partial charge >= 0.3 is 13.5 Å². The standard InChI is InChI=1S/C19H23NO2P/c1-13-11-14(2)17(15(3)12-13)18(16-9-7-6-8-10-16)19(21)23(22)20(4)5/h6-12,18H,1-5H3/q+1. The van der Waals surface area contributed by atoms with Crippen LogP contribution in [0.15, 0.2) is 42.5 Å². The predicted octanol–water partition coefficient (Wildman–Crippen LogP) is 4.57. The van der Waals surface area contributed by atoms with Crippen molar-refractivity contribution >= 4 is 13.5 Å². The first-order valence-electron chi connectivity index (χ1n) is 7.64. The van der Waals surface area contributed by atoms with Crippen molar-refractivity contribution in [3.8, 4) is 0 Å². The van der Waals surface area contributed by atoms with Gasteiger partial charge in [-0.2, -0.15) is 0 Å². The fraction of sp³-hybridized carbons (Fsp3) is 0.316. The summed E-state index contributed by atoms with van der Waals surface area (Å²) in [4.78, 5) is 12.9. The summed E-state index contributed by atoms with van der Waals surface area (Å²) in [5.41, 5.74) is 4.90. The summed E-state index contributed by atoms with van der Waals surface area (Å²) in [5.74, 6) is -0.497. The molecule has 4 heteroatoms. The Morgan fingerprint density at radius 2 is 1.52 bits per heavy atom. The molecule has 2 atom stereocenters. The van der Waals surface area contributed by atoms with E-state index in [1.807, 2.05) is 51.1 Å². The Balaban J connectivity index is 2.65. The highest BCUT2D eigenvalue weighted by molar-refractivity contribution is 7.61. The minimum Gasteiger partial charge on any atom is -0.237 e. The smallest absolute Gasteiger partial charge is 0.237 e. The molecule has 120 valence electrons. The number of nitrogens with zero attached hydrogens (tertiary/aromatic N) is 1. The van der Waals surface area contributed by atoms with E-state index in [1.54, 1.807) is 14.1 Å². The average Bonchev–Trinajstić information content (AvgIpc) is 2.50. The molecule has 0 saturated heterocycles. The SMILES string of the molecule is Cc1cc(C)c(C(C(=O)[P+](=O)N(C)C)c2ccccc2)c(C)c1. The molecule has 0 aliphatic rings. The first-order chi connectivity index (χ1) is 10.8. The Morgan fingerprint density at radius 1 is 1.00 bits per heavy atom. The summed E-state index contributed by atoms with van der Waals surface area (Å²) in [6.45, 7) is 6.08. The van der Waals surface area contributed by atoms with Crippen molar-refractivity contribution in [2.75, 3.05) is 14.1 Å². The van der Waals surface area contributed by atoms with E-state index in [9.17, 15) is 9.36 Å². The van der Waals surface area contributed by atoms with Crippen molar-refractivity contribution in [2.45, 2.75) is 26.7 Å². The minimum atomic E-state index is -2.08. The van der Waals surface area contributed by atoms with Gasteiger partial charge in [-0.1, -0.05) is 52.7 Å². The minimum absolute atomic E-state index is 0.244. The van der Waals surface area contributed by atoms with Gasteiger partial charge in [-0.3, -0.25) is 0 Å². The summed E-state index contributed by atoms with van der Waals surface area (Å²) in [6, 6.07) is 13.8. The van der Waals surface area contributed by atoms with Gasteiger partial charge in [0.25, 0.3) is 0 Å². The van der Waals surface area contributed by atoms with Crippen molar-refractivity contribution in [1.29, 1.82) is 0 Å². The maximum Gasteiger partial charge on any atom is 0.513 e. The quantitative estimate of drug-likeness (QED) is 0.754. The number of hydrogen-bond acceptors (Lipinski definition) is 2. The summed E-state index contributed by atoms with van der Waals surface area (Å²) in [5, 5.41) is 0. The highest BCUT2D eigenvalue weighted by Gasteiger charge is 2.41. The lowest BCUT2D eigenvalue weighted by Crippen LogP contribution is -2.18. The highest BCUT2D eigenvalue weighted by Crippen LogP contribution is 2.40. The Hall–Kier alpha value is -1.83. The molecule has 0 aliphatic carbocycles. The molecule has 2 aromatic rings. The Labute approximate surface area is 139 Å². The van der Waals surface area contributed by atoms with Gasteiger partial charge in [0.05, 0.1) is 0 Å². The fourth-order valence-corrected chi connectivity index (χ4v) is 3.93. The van der Waals surface area contributed by atoms with Crippen LogP contribution in [0.3, 0.4) is 0 Å². The molecule has 0 N–H and O–H groups in total. The molecule has 0 heterocycles. The second-order valence-electron chi connectivity index (χ2n) is 6.11. The van der Waals surface area contributed by atoms with E-state index in [-0.39, 0.29) is 5.52 Å². The van der Waals surface area contributed by atoms with Gasteiger partial charge in [-0.25, -0.2) is 4.79 Å². The molecule has 3 nitrogen and oxygen atoms in total. The van der Waals surface area contributed by atoms with Crippen LogP contribution in [0.4, 0.5) is 0 Å². The third kappa shape index (κ3) is 3.74. The number of aryl methyl sites for hydroxylation is 3. The summed E-state index contributed by atoms with van der Waals surface area (Å²) in [7, 11) is 1.27. The van der Waals surface area contributed by atoms with Crippen molar-refractivity contribution in [3.63, 3.8) is 0 Å². The van der Waals surface area contributed by atoms with Gasteiger partial charge in [-0.15, -0.1) is 0 Å². The van der Waals surface area contributed by atoms with Crippen LogP contribution in [0.2, 0.25) is 0 Å². The van der Waals surface area contributed by atoms with E-state index in [1.165, 1.54) is 10.2 Å². The van der Waals surface area contributed by atoms with Crippen LogP contribution in [0.1, 0.15) is 33.7 Å². The van der Waals surface area contributed by atoms with Crippen LogP contribution < -0.4 is 0 Å². The number of benzene rings is 2. The molecule has 0 spiro atoms. The fourth-order valence-electron chi connectivity index (χ4n) is 3.03. The van der Waals surface area contributed by atoms with E-state index >= 15 is 0 Å². The van der Waals surface area contributed by atoms with Gasteiger partial charge in [-0.05, 0) is 47.6 Å². The van der Waals surface area contributed by atoms with Crippen LogP contribution in [0.5, 0.6) is 0 Å². The topological polar surface area (TPSA) is 37.4 Å². The molecule has 0 bridgehead atoms. The van der Waals surface area contributed by atoms with E-state index in [2.05, 4.69) is 12.1 Å². The van der Waals surface area contributed by atoms with E-state index in [4.69, 9.17) is 0 Å². The lowest BCUT2D eigenvalue weighted by molar-refractivity contribution is -0.112. The van der Waals surface area contributed by atoms with Crippen molar-refractivity contribution < 1.29 is 9.36 Å². The molecule has 2 aromatic carbocycles. The maximum absolute atomic E-state index is 12.9. The molecule has 2 unspecified atom stereocenters. The van der Waals surface area contributed by atoms with Crippen LogP contribution in [-0.2, 0) is 9.36 Å². The Bertz CT molecular complexity index is 715. The van der Waals surface area contributed by atoms with Gasteiger partial charge < -0.3 is 0 Å². The normalized spacial score (nSPS) is 13.0. The molecule has 0 radical (unpaired) electrons. The molecule has 0 amide bonds. The predicted molar refractivity (Wildman–Crippen MR) is 95.2 cm³/mol. The largest absolute Gasteiger partial charge is 0.513 e. The number of carbonyl (C=O) groups is 1. The average molecular weight is 328 g/mol. The first-order valence-corrected chi connectivity index (χ1v) is 8.85. The highest BCUT2D eigenvalue weighted by atomic mass is 31.1. The molecule has 0 saturated carbocycles. The molecule has 2 rings (SSSR count). The molecular weight excluding hydrogens is 305 g/mol. The molecule has 0 aliphatic heterocycles. The number of hydrogen-bond donors (Lipinski definition) is 0. The van der Waals surface area contributed by atoms with E-state index in [0.717, 1.165) is 22.3 Å². The monoisotopic (exact) mass is 328 g/mol. The van der Waals surface area contributed by atoms with Crippen LogP contribution >= 0.6 is 7.95 Å². The van der Waals surface area contributed by atoms with Crippen LogP contribution in [0, 0.1) is 20.8 Å². The molecule has 0 fully saturated rings. The van der Waals surface area contributed by atoms with E-state index < -0.39 is 13.9 Å². The van der Waals surface area contributed by atoms with Crippen LogP contribution in [-0.4, -0.2) is 24.3 Å².